The third kappa shape index (κ3) is 13.8. The van der Waals surface area contributed by atoms with Crippen LogP contribution in [-0.2, 0) is 40.0 Å². The molecule has 0 fully saturated rings. The van der Waals surface area contributed by atoms with E-state index in [1.807, 2.05) is 0 Å². The number of benzene rings is 1. The number of nitrogens with one attached hydrogen (secondary N) is 4. The van der Waals surface area contributed by atoms with E-state index in [-0.39, 0.29) is 31.6 Å². The smallest absolute Gasteiger partial charge is 0.326 e. The highest BCUT2D eigenvalue weighted by Gasteiger charge is 2.34. The topological polar surface area (TPSA) is 254 Å². The summed E-state index contributed by atoms with van der Waals surface area (Å²) in [6.45, 7) is 6.89. The number of aliphatic carboxylic acids is 3. The molecule has 0 unspecified atom stereocenters. The molecular weight excluding hydrogens is 738 g/mol. The fraction of sp³-hybridized carbons (Fsp3) is 0.552. The van der Waals surface area contributed by atoms with Crippen molar-refractivity contribution in [2.45, 2.75) is 90.0 Å². The molecule has 15 nitrogen and oxygen atoms in total. The highest BCUT2D eigenvalue weighted by Crippen LogP contribution is 2.27. The number of rotatable bonds is 19. The monoisotopic (exact) mass is 777 g/mol. The van der Waals surface area contributed by atoms with E-state index in [4.69, 9.17) is 15.9 Å². The molecule has 1 aromatic carbocycles. The average molecular weight is 779 g/mol. The lowest BCUT2D eigenvalue weighted by Crippen LogP contribution is -2.60. The molecular formula is C29H41Br2N5O10. The summed E-state index contributed by atoms with van der Waals surface area (Å²) in [4.78, 5) is 86.6. The van der Waals surface area contributed by atoms with Crippen LogP contribution in [0.25, 0.3) is 0 Å². The molecule has 9 N–H and O–H groups in total. The van der Waals surface area contributed by atoms with Gasteiger partial charge < -0.3 is 42.3 Å². The SMILES string of the molecule is CC(C)C[C@H](NC(=O)[C@@H](NC(=O)[C@@H](N)CCC(=O)O)C(C)C)C(=O)N[C@@H](Cc1cccc(Br)c1Br)C(=O)N[C@@H](CC(=O)O)C(=O)O. The molecule has 5 atom stereocenters. The van der Waals surface area contributed by atoms with Gasteiger partial charge in [0.15, 0.2) is 0 Å². The van der Waals surface area contributed by atoms with Crippen LogP contribution < -0.4 is 27.0 Å². The van der Waals surface area contributed by atoms with Crippen molar-refractivity contribution in [1.82, 2.24) is 21.3 Å². The number of halogens is 2. The first kappa shape index (κ1) is 40.5. The van der Waals surface area contributed by atoms with Gasteiger partial charge in [0.1, 0.15) is 24.2 Å². The van der Waals surface area contributed by atoms with Crippen LogP contribution in [0.15, 0.2) is 27.1 Å². The second-order valence-corrected chi connectivity index (χ2v) is 13.1. The summed E-state index contributed by atoms with van der Waals surface area (Å²) in [7, 11) is 0. The van der Waals surface area contributed by atoms with E-state index >= 15 is 0 Å². The lowest BCUT2D eigenvalue weighted by molar-refractivity contribution is -0.147. The number of carboxylic acids is 3. The van der Waals surface area contributed by atoms with Gasteiger partial charge in [-0.15, -0.1) is 0 Å². The van der Waals surface area contributed by atoms with Gasteiger partial charge in [-0.2, -0.15) is 0 Å². The van der Waals surface area contributed by atoms with E-state index < -0.39 is 84.1 Å². The molecule has 17 heteroatoms. The van der Waals surface area contributed by atoms with Crippen LogP contribution in [0, 0.1) is 11.8 Å². The van der Waals surface area contributed by atoms with E-state index in [2.05, 4.69) is 53.1 Å². The van der Waals surface area contributed by atoms with Crippen molar-refractivity contribution in [2.75, 3.05) is 0 Å². The summed E-state index contributed by atoms with van der Waals surface area (Å²) in [5, 5.41) is 37.3. The number of hydrogen-bond acceptors (Lipinski definition) is 8. The predicted octanol–water partition coefficient (Wildman–Crippen LogP) is 1.15. The summed E-state index contributed by atoms with van der Waals surface area (Å²) in [5.74, 6) is -8.00. The molecule has 0 spiro atoms. The van der Waals surface area contributed by atoms with Crippen molar-refractivity contribution >= 4 is 73.4 Å². The Labute approximate surface area is 283 Å². The van der Waals surface area contributed by atoms with E-state index in [0.717, 1.165) is 0 Å². The summed E-state index contributed by atoms with van der Waals surface area (Å²) in [5.41, 5.74) is 6.34. The zero-order valence-corrected chi connectivity index (χ0v) is 29.0. The maximum Gasteiger partial charge on any atom is 0.326 e. The predicted molar refractivity (Wildman–Crippen MR) is 172 cm³/mol. The number of carboxylic acid groups (broad SMARTS) is 3. The fourth-order valence-electron chi connectivity index (χ4n) is 4.22. The Morgan fingerprint density at radius 2 is 1.33 bits per heavy atom. The van der Waals surface area contributed by atoms with Crippen molar-refractivity contribution in [3.63, 3.8) is 0 Å². The standard InChI is InChI=1S/C29H41Br2N5O10/c1-13(2)10-18(34-28(44)24(14(3)4)36-25(41)17(32)8-9-21(37)38)26(42)33-19(11-15-6-5-7-16(30)23(15)31)27(43)35-20(29(45)46)12-22(39)40/h5-7,13-14,17-20,24H,8-12,32H2,1-4H3,(H,33,42)(H,34,44)(H,35,43)(H,36,41)(H,37,38)(H,39,40)(H,45,46)/t17-,18-,19-,20-,24-/m0/s1. The third-order valence-electron chi connectivity index (χ3n) is 6.67. The number of carbonyl (C=O) groups excluding carboxylic acids is 4. The number of carbonyl (C=O) groups is 7. The van der Waals surface area contributed by atoms with E-state index in [0.29, 0.717) is 14.5 Å². The van der Waals surface area contributed by atoms with Gasteiger partial charge >= 0.3 is 17.9 Å². The summed E-state index contributed by atoms with van der Waals surface area (Å²) in [6, 6.07) is -1.64. The van der Waals surface area contributed by atoms with Crippen LogP contribution in [0.2, 0.25) is 0 Å². The van der Waals surface area contributed by atoms with Gasteiger partial charge in [0.05, 0.1) is 12.5 Å². The minimum Gasteiger partial charge on any atom is -0.481 e. The lowest BCUT2D eigenvalue weighted by atomic mass is 9.98. The van der Waals surface area contributed by atoms with E-state index in [1.54, 1.807) is 45.9 Å². The first-order valence-corrected chi connectivity index (χ1v) is 16.0. The van der Waals surface area contributed by atoms with Crippen molar-refractivity contribution in [3.05, 3.63) is 32.7 Å². The molecule has 0 saturated heterocycles. The zero-order chi connectivity index (χ0) is 35.3. The minimum atomic E-state index is -1.78. The quantitative estimate of drug-likeness (QED) is 0.0989. The molecule has 1 aromatic rings. The Bertz CT molecular complexity index is 1290. The average Bonchev–Trinajstić information content (AvgIpc) is 2.94. The molecule has 0 bridgehead atoms. The van der Waals surface area contributed by atoms with Gasteiger partial charge in [-0.1, -0.05) is 39.8 Å². The molecule has 0 radical (unpaired) electrons. The maximum atomic E-state index is 13.6. The van der Waals surface area contributed by atoms with E-state index in [9.17, 15) is 38.7 Å². The van der Waals surface area contributed by atoms with Gasteiger partial charge in [0.2, 0.25) is 23.6 Å². The largest absolute Gasteiger partial charge is 0.481 e. The summed E-state index contributed by atoms with van der Waals surface area (Å²) in [6.07, 6.45) is -1.44. The Morgan fingerprint density at radius 3 is 1.85 bits per heavy atom. The molecule has 0 saturated carbocycles. The second-order valence-electron chi connectivity index (χ2n) is 11.4. The van der Waals surface area contributed by atoms with Crippen molar-refractivity contribution < 1.29 is 48.9 Å². The van der Waals surface area contributed by atoms with Gasteiger partial charge in [0, 0.05) is 21.8 Å². The molecule has 256 valence electrons. The van der Waals surface area contributed by atoms with Gasteiger partial charge in [0.25, 0.3) is 0 Å². The summed E-state index contributed by atoms with van der Waals surface area (Å²) >= 11 is 6.77. The molecule has 1 rings (SSSR count). The molecule has 0 aliphatic carbocycles. The van der Waals surface area contributed by atoms with Crippen molar-refractivity contribution in [3.8, 4) is 0 Å². The Hall–Kier alpha value is -3.57. The minimum absolute atomic E-state index is 0.111. The molecule has 0 aliphatic rings. The summed E-state index contributed by atoms with van der Waals surface area (Å²) < 4.78 is 1.20. The first-order chi connectivity index (χ1) is 21.3. The molecule has 46 heavy (non-hydrogen) atoms. The van der Waals surface area contributed by atoms with Crippen LogP contribution in [0.1, 0.15) is 58.9 Å². The van der Waals surface area contributed by atoms with Gasteiger partial charge in [-0.25, -0.2) is 4.79 Å². The second kappa shape index (κ2) is 19.2. The Kier molecular flexibility index (Phi) is 16.9. The van der Waals surface area contributed by atoms with E-state index in [1.165, 1.54) is 0 Å². The molecule has 4 amide bonds. The lowest BCUT2D eigenvalue weighted by Gasteiger charge is -2.28. The van der Waals surface area contributed by atoms with Crippen LogP contribution >= 0.6 is 31.9 Å². The zero-order valence-electron chi connectivity index (χ0n) is 25.8. The van der Waals surface area contributed by atoms with Crippen molar-refractivity contribution in [1.29, 1.82) is 0 Å². The van der Waals surface area contributed by atoms with Crippen LogP contribution in [0.5, 0.6) is 0 Å². The number of amides is 4. The molecule has 0 heterocycles. The number of nitrogens with two attached hydrogens (primary N) is 1. The van der Waals surface area contributed by atoms with Gasteiger partial charge in [-0.3, -0.25) is 28.8 Å². The van der Waals surface area contributed by atoms with Gasteiger partial charge in [-0.05, 0) is 68.2 Å². The Morgan fingerprint density at radius 1 is 0.761 bits per heavy atom. The number of hydrogen-bond donors (Lipinski definition) is 8. The first-order valence-electron chi connectivity index (χ1n) is 14.4. The molecule has 0 aliphatic heterocycles. The Balaban J connectivity index is 3.31. The normalized spacial score (nSPS) is 14.4. The fourth-order valence-corrected chi connectivity index (χ4v) is 5.06. The molecule has 0 aromatic heterocycles. The van der Waals surface area contributed by atoms with Crippen LogP contribution in [0.3, 0.4) is 0 Å². The van der Waals surface area contributed by atoms with Crippen LogP contribution in [0.4, 0.5) is 0 Å². The maximum absolute atomic E-state index is 13.6. The highest BCUT2D eigenvalue weighted by atomic mass is 79.9. The highest BCUT2D eigenvalue weighted by molar-refractivity contribution is 9.13. The third-order valence-corrected chi connectivity index (χ3v) is 8.80. The van der Waals surface area contributed by atoms with Crippen molar-refractivity contribution in [2.24, 2.45) is 17.6 Å². The van der Waals surface area contributed by atoms with Crippen LogP contribution in [-0.4, -0.2) is 87.1 Å².